The molecule has 0 radical (unpaired) electrons. The third-order valence-corrected chi connectivity index (χ3v) is 4.36. The molecule has 0 saturated heterocycles. The Balaban J connectivity index is 1.60. The van der Waals surface area contributed by atoms with E-state index in [1.54, 1.807) is 53.3 Å². The number of rotatable bonds is 6. The molecular weight excluding hydrogens is 354 g/mol. The van der Waals surface area contributed by atoms with E-state index >= 15 is 0 Å². The Kier molecular flexibility index (Phi) is 6.06. The summed E-state index contributed by atoms with van der Waals surface area (Å²) in [6.07, 6.45) is 2.58. The third kappa shape index (κ3) is 4.76. The van der Waals surface area contributed by atoms with E-state index in [4.69, 9.17) is 0 Å². The minimum absolute atomic E-state index is 0.194. The zero-order valence-electron chi connectivity index (χ0n) is 15.8. The second-order valence-electron chi connectivity index (χ2n) is 6.39. The summed E-state index contributed by atoms with van der Waals surface area (Å²) in [5, 5.41) is 12.6. The van der Waals surface area contributed by atoms with Crippen LogP contribution in [0.25, 0.3) is 0 Å². The first-order valence-corrected chi connectivity index (χ1v) is 9.15. The van der Waals surface area contributed by atoms with Gasteiger partial charge in [0.2, 0.25) is 0 Å². The average Bonchev–Trinajstić information content (AvgIpc) is 3.16. The zero-order chi connectivity index (χ0) is 19.9. The lowest BCUT2D eigenvalue weighted by Gasteiger charge is -2.14. The van der Waals surface area contributed by atoms with E-state index in [2.05, 4.69) is 28.0 Å². The lowest BCUT2D eigenvalue weighted by molar-refractivity contribution is 0.102. The molecular formula is C21H23N5O2. The minimum Gasteiger partial charge on any atom is -0.308 e. The predicted octanol–water partition coefficient (Wildman–Crippen LogP) is 4.75. The van der Waals surface area contributed by atoms with Crippen LogP contribution in [-0.4, -0.2) is 21.7 Å². The van der Waals surface area contributed by atoms with Gasteiger partial charge in [-0.05, 0) is 49.7 Å². The van der Waals surface area contributed by atoms with Crippen molar-refractivity contribution in [1.29, 1.82) is 0 Å². The van der Waals surface area contributed by atoms with E-state index in [0.717, 1.165) is 6.42 Å². The maximum atomic E-state index is 12.5. The van der Waals surface area contributed by atoms with E-state index in [1.807, 2.05) is 25.1 Å². The number of nitrogens with one attached hydrogen (secondary N) is 3. The summed E-state index contributed by atoms with van der Waals surface area (Å²) in [5.74, 6) is 0.425. The second-order valence-corrected chi connectivity index (χ2v) is 6.39. The Morgan fingerprint density at radius 3 is 2.21 bits per heavy atom. The molecule has 28 heavy (non-hydrogen) atoms. The van der Waals surface area contributed by atoms with Crippen LogP contribution in [0.3, 0.4) is 0 Å². The number of carbonyl (C=O) groups is 2. The number of urea groups is 1. The summed E-state index contributed by atoms with van der Waals surface area (Å²) >= 11 is 0. The van der Waals surface area contributed by atoms with Crippen LogP contribution in [0.5, 0.6) is 0 Å². The van der Waals surface area contributed by atoms with E-state index in [-0.39, 0.29) is 18.0 Å². The summed E-state index contributed by atoms with van der Waals surface area (Å²) in [7, 11) is 0. The monoisotopic (exact) mass is 377 g/mol. The molecule has 0 bridgehead atoms. The first-order valence-electron chi connectivity index (χ1n) is 9.15. The van der Waals surface area contributed by atoms with Gasteiger partial charge in [0.15, 0.2) is 0 Å². The molecule has 3 N–H and O–H groups in total. The van der Waals surface area contributed by atoms with Crippen LogP contribution in [0.4, 0.5) is 22.0 Å². The quantitative estimate of drug-likeness (QED) is 0.579. The fourth-order valence-corrected chi connectivity index (χ4v) is 2.65. The molecule has 0 aliphatic carbocycles. The molecule has 2 aromatic carbocycles. The van der Waals surface area contributed by atoms with Crippen LogP contribution in [0, 0.1) is 0 Å². The Bertz CT molecular complexity index is 935. The summed E-state index contributed by atoms with van der Waals surface area (Å²) in [6, 6.07) is 17.5. The maximum Gasteiger partial charge on any atom is 0.323 e. The second kappa shape index (κ2) is 8.85. The lowest BCUT2D eigenvalue weighted by atomic mass is 10.2. The van der Waals surface area contributed by atoms with Gasteiger partial charge < -0.3 is 16.0 Å². The number of nitrogens with zero attached hydrogens (tertiary/aromatic N) is 2. The molecule has 1 heterocycles. The van der Waals surface area contributed by atoms with E-state index < -0.39 is 0 Å². The van der Waals surface area contributed by atoms with Crippen molar-refractivity contribution in [2.45, 2.75) is 26.3 Å². The summed E-state index contributed by atoms with van der Waals surface area (Å²) < 4.78 is 1.79. The molecule has 1 atom stereocenters. The Hall–Kier alpha value is -3.61. The Morgan fingerprint density at radius 2 is 1.57 bits per heavy atom. The van der Waals surface area contributed by atoms with Crippen molar-refractivity contribution in [3.05, 3.63) is 72.4 Å². The number of para-hydroxylation sites is 1. The number of benzene rings is 2. The van der Waals surface area contributed by atoms with Gasteiger partial charge in [0.1, 0.15) is 5.82 Å². The highest BCUT2D eigenvalue weighted by Crippen LogP contribution is 2.18. The average molecular weight is 377 g/mol. The van der Waals surface area contributed by atoms with Gasteiger partial charge in [-0.15, -0.1) is 0 Å². The van der Waals surface area contributed by atoms with Crippen LogP contribution >= 0.6 is 0 Å². The van der Waals surface area contributed by atoms with Crippen molar-refractivity contribution in [1.82, 2.24) is 9.78 Å². The molecule has 3 amide bonds. The molecule has 0 fully saturated rings. The van der Waals surface area contributed by atoms with E-state index in [0.29, 0.717) is 22.8 Å². The van der Waals surface area contributed by atoms with Crippen LogP contribution < -0.4 is 16.0 Å². The minimum atomic E-state index is -0.346. The van der Waals surface area contributed by atoms with Crippen LogP contribution in [0.1, 0.15) is 36.7 Å². The smallest absolute Gasteiger partial charge is 0.308 e. The first kappa shape index (κ1) is 19.2. The van der Waals surface area contributed by atoms with Crippen LogP contribution in [0.2, 0.25) is 0 Å². The standard InChI is InChI=1S/C21H23N5O2/c1-3-15(2)26-19(13-14-22-26)25-20(27)16-9-11-18(12-10-16)24-21(28)23-17-7-5-4-6-8-17/h4-15H,3H2,1-2H3,(H,25,27)(H2,23,24,28). The van der Waals surface area contributed by atoms with Crippen LogP contribution in [-0.2, 0) is 0 Å². The highest BCUT2D eigenvalue weighted by atomic mass is 16.2. The van der Waals surface area contributed by atoms with E-state index in [9.17, 15) is 9.59 Å². The van der Waals surface area contributed by atoms with Gasteiger partial charge in [-0.2, -0.15) is 5.10 Å². The third-order valence-electron chi connectivity index (χ3n) is 4.36. The van der Waals surface area contributed by atoms with Crippen molar-refractivity contribution < 1.29 is 9.59 Å². The molecule has 1 aromatic heterocycles. The van der Waals surface area contributed by atoms with Crippen LogP contribution in [0.15, 0.2) is 66.9 Å². The predicted molar refractivity (Wildman–Crippen MR) is 111 cm³/mol. The summed E-state index contributed by atoms with van der Waals surface area (Å²) in [6.45, 7) is 4.11. The van der Waals surface area contributed by atoms with Gasteiger partial charge in [0.05, 0.1) is 12.2 Å². The number of carbonyl (C=O) groups excluding carboxylic acids is 2. The fourth-order valence-electron chi connectivity index (χ4n) is 2.65. The number of anilines is 3. The van der Waals surface area contributed by atoms with Crippen molar-refractivity contribution in [2.75, 3.05) is 16.0 Å². The number of amides is 3. The molecule has 3 rings (SSSR count). The zero-order valence-corrected chi connectivity index (χ0v) is 15.8. The number of aromatic nitrogens is 2. The highest BCUT2D eigenvalue weighted by molar-refractivity contribution is 6.04. The fraction of sp³-hybridized carbons (Fsp3) is 0.190. The molecule has 0 spiro atoms. The molecule has 3 aromatic rings. The van der Waals surface area contributed by atoms with Gasteiger partial charge in [-0.1, -0.05) is 25.1 Å². The number of hydrogen-bond donors (Lipinski definition) is 3. The van der Waals surface area contributed by atoms with Gasteiger partial charge in [0.25, 0.3) is 5.91 Å². The molecule has 0 aliphatic heterocycles. The SMILES string of the molecule is CCC(C)n1nccc1NC(=O)c1ccc(NC(=O)Nc2ccccc2)cc1. The Labute approximate surface area is 163 Å². The topological polar surface area (TPSA) is 88.1 Å². The summed E-state index contributed by atoms with van der Waals surface area (Å²) in [4.78, 5) is 24.5. The molecule has 7 nitrogen and oxygen atoms in total. The van der Waals surface area contributed by atoms with E-state index in [1.165, 1.54) is 0 Å². The first-order chi connectivity index (χ1) is 13.6. The molecule has 7 heteroatoms. The summed E-state index contributed by atoms with van der Waals surface area (Å²) in [5.41, 5.74) is 1.79. The van der Waals surface area contributed by atoms with Crippen molar-refractivity contribution in [2.24, 2.45) is 0 Å². The molecule has 0 saturated carbocycles. The molecule has 0 aliphatic rings. The van der Waals surface area contributed by atoms with Gasteiger partial charge >= 0.3 is 6.03 Å². The van der Waals surface area contributed by atoms with Gasteiger partial charge in [-0.25, -0.2) is 9.48 Å². The highest BCUT2D eigenvalue weighted by Gasteiger charge is 2.13. The van der Waals surface area contributed by atoms with Crippen molar-refractivity contribution in [3.8, 4) is 0 Å². The molecule has 144 valence electrons. The van der Waals surface area contributed by atoms with Gasteiger partial charge in [0, 0.05) is 23.0 Å². The van der Waals surface area contributed by atoms with Gasteiger partial charge in [-0.3, -0.25) is 4.79 Å². The Morgan fingerprint density at radius 1 is 0.929 bits per heavy atom. The number of hydrogen-bond acceptors (Lipinski definition) is 3. The maximum absolute atomic E-state index is 12.5. The van der Waals surface area contributed by atoms with Crippen molar-refractivity contribution in [3.63, 3.8) is 0 Å². The normalized spacial score (nSPS) is 11.5. The largest absolute Gasteiger partial charge is 0.323 e. The molecule has 1 unspecified atom stereocenters. The lowest BCUT2D eigenvalue weighted by Crippen LogP contribution is -2.20. The van der Waals surface area contributed by atoms with Crippen molar-refractivity contribution >= 4 is 29.1 Å².